The average Bonchev–Trinajstić information content (AvgIpc) is 2.16. The maximum atomic E-state index is 11.0. The molecular weight excluding hydrogens is 204 g/mol. The molecule has 1 saturated heterocycles. The summed E-state index contributed by atoms with van der Waals surface area (Å²) in [6.45, 7) is 8.48. The van der Waals surface area contributed by atoms with Gasteiger partial charge in [0.2, 0.25) is 0 Å². The third-order valence-electron chi connectivity index (χ3n) is 3.49. The van der Waals surface area contributed by atoms with Crippen molar-refractivity contribution in [3.05, 3.63) is 0 Å². The van der Waals surface area contributed by atoms with Crippen LogP contribution < -0.4 is 5.32 Å². The molecule has 16 heavy (non-hydrogen) atoms. The smallest absolute Gasteiger partial charge is 0.310 e. The molecule has 94 valence electrons. The number of carbonyl (C=O) groups is 1. The summed E-state index contributed by atoms with van der Waals surface area (Å²) < 4.78 is 0. The standard InChI is InChI=1S/C12H24N2O2/c1-9-7-14(4)6-5-10(9)13-8-12(2,3)11(15)16/h9-10,13H,5-8H2,1-4H3,(H,15,16). The van der Waals surface area contributed by atoms with Crippen LogP contribution in [0.15, 0.2) is 0 Å². The van der Waals surface area contributed by atoms with Gasteiger partial charge < -0.3 is 15.3 Å². The Kier molecular flexibility index (Phi) is 4.33. The zero-order chi connectivity index (χ0) is 12.3. The van der Waals surface area contributed by atoms with E-state index in [9.17, 15) is 4.79 Å². The number of hydrogen-bond donors (Lipinski definition) is 2. The molecule has 2 unspecified atom stereocenters. The van der Waals surface area contributed by atoms with Crippen LogP contribution in [0.5, 0.6) is 0 Å². The van der Waals surface area contributed by atoms with Gasteiger partial charge in [0.05, 0.1) is 5.41 Å². The minimum absolute atomic E-state index is 0.454. The third-order valence-corrected chi connectivity index (χ3v) is 3.49. The highest BCUT2D eigenvalue weighted by Crippen LogP contribution is 2.18. The van der Waals surface area contributed by atoms with Crippen molar-refractivity contribution in [2.24, 2.45) is 11.3 Å². The van der Waals surface area contributed by atoms with Crippen molar-refractivity contribution < 1.29 is 9.90 Å². The quantitative estimate of drug-likeness (QED) is 0.754. The topological polar surface area (TPSA) is 52.6 Å². The van der Waals surface area contributed by atoms with E-state index in [1.165, 1.54) is 0 Å². The molecule has 4 nitrogen and oxygen atoms in total. The number of likely N-dealkylation sites (tertiary alicyclic amines) is 1. The molecular formula is C12H24N2O2. The molecule has 2 N–H and O–H groups in total. The van der Waals surface area contributed by atoms with Gasteiger partial charge >= 0.3 is 5.97 Å². The van der Waals surface area contributed by atoms with E-state index in [2.05, 4.69) is 24.2 Å². The molecule has 0 aromatic heterocycles. The first-order valence-corrected chi connectivity index (χ1v) is 5.98. The first-order valence-electron chi connectivity index (χ1n) is 5.98. The van der Waals surface area contributed by atoms with Crippen molar-refractivity contribution >= 4 is 5.97 Å². The van der Waals surface area contributed by atoms with Gasteiger partial charge in [-0.3, -0.25) is 4.79 Å². The van der Waals surface area contributed by atoms with Crippen LogP contribution >= 0.6 is 0 Å². The minimum Gasteiger partial charge on any atom is -0.481 e. The van der Waals surface area contributed by atoms with Gasteiger partial charge in [0.1, 0.15) is 0 Å². The summed E-state index contributed by atoms with van der Waals surface area (Å²) in [4.78, 5) is 13.3. The molecule has 0 aromatic carbocycles. The molecule has 1 aliphatic heterocycles. The van der Waals surface area contributed by atoms with Crippen LogP contribution in [0.3, 0.4) is 0 Å². The second-order valence-corrected chi connectivity index (χ2v) is 5.70. The molecule has 0 radical (unpaired) electrons. The Bertz CT molecular complexity index is 253. The molecule has 2 atom stereocenters. The maximum Gasteiger partial charge on any atom is 0.310 e. The van der Waals surface area contributed by atoms with Crippen molar-refractivity contribution in [2.75, 3.05) is 26.7 Å². The third kappa shape index (κ3) is 3.46. The van der Waals surface area contributed by atoms with Crippen molar-refractivity contribution in [1.29, 1.82) is 0 Å². The molecule has 1 rings (SSSR count). The fourth-order valence-corrected chi connectivity index (χ4v) is 2.12. The number of rotatable bonds is 4. The molecule has 0 bridgehead atoms. The fraction of sp³-hybridized carbons (Fsp3) is 0.917. The van der Waals surface area contributed by atoms with E-state index in [1.807, 2.05) is 0 Å². The van der Waals surface area contributed by atoms with Crippen LogP contribution in [0.2, 0.25) is 0 Å². The summed E-state index contributed by atoms with van der Waals surface area (Å²) in [7, 11) is 2.13. The highest BCUT2D eigenvalue weighted by atomic mass is 16.4. The molecule has 0 saturated carbocycles. The van der Waals surface area contributed by atoms with E-state index in [-0.39, 0.29) is 0 Å². The Hall–Kier alpha value is -0.610. The van der Waals surface area contributed by atoms with Gasteiger partial charge in [0, 0.05) is 19.1 Å². The monoisotopic (exact) mass is 228 g/mol. The predicted molar refractivity (Wildman–Crippen MR) is 64.5 cm³/mol. The average molecular weight is 228 g/mol. The second kappa shape index (κ2) is 5.15. The lowest BCUT2D eigenvalue weighted by Crippen LogP contribution is -2.50. The van der Waals surface area contributed by atoms with Crippen LogP contribution in [0, 0.1) is 11.3 Å². The van der Waals surface area contributed by atoms with Gasteiger partial charge in [-0.1, -0.05) is 6.92 Å². The molecule has 4 heteroatoms. The largest absolute Gasteiger partial charge is 0.481 e. The van der Waals surface area contributed by atoms with Gasteiger partial charge in [-0.2, -0.15) is 0 Å². The van der Waals surface area contributed by atoms with Gasteiger partial charge in [0.25, 0.3) is 0 Å². The van der Waals surface area contributed by atoms with Crippen molar-refractivity contribution in [3.63, 3.8) is 0 Å². The van der Waals surface area contributed by atoms with Crippen molar-refractivity contribution in [1.82, 2.24) is 10.2 Å². The number of carboxylic acid groups (broad SMARTS) is 1. The van der Waals surface area contributed by atoms with E-state index >= 15 is 0 Å². The number of aliphatic carboxylic acids is 1. The summed E-state index contributed by atoms with van der Waals surface area (Å²) in [6.07, 6.45) is 1.10. The van der Waals surface area contributed by atoms with Crippen LogP contribution in [0.4, 0.5) is 0 Å². The number of hydrogen-bond acceptors (Lipinski definition) is 3. The van der Waals surface area contributed by atoms with E-state index < -0.39 is 11.4 Å². The van der Waals surface area contributed by atoms with E-state index in [0.717, 1.165) is 19.5 Å². The number of carboxylic acids is 1. The highest BCUT2D eigenvalue weighted by molar-refractivity contribution is 5.73. The van der Waals surface area contributed by atoms with Crippen molar-refractivity contribution in [3.8, 4) is 0 Å². The summed E-state index contributed by atoms with van der Waals surface area (Å²) >= 11 is 0. The lowest BCUT2D eigenvalue weighted by molar-refractivity contribution is -0.146. The summed E-state index contributed by atoms with van der Waals surface area (Å²) in [5, 5.41) is 12.4. The maximum absolute atomic E-state index is 11.0. The molecule has 1 fully saturated rings. The van der Waals surface area contributed by atoms with Crippen LogP contribution in [0.1, 0.15) is 27.2 Å². The number of nitrogens with one attached hydrogen (secondary N) is 1. The van der Waals surface area contributed by atoms with Crippen LogP contribution in [-0.2, 0) is 4.79 Å². The Balaban J connectivity index is 2.41. The Morgan fingerprint density at radius 3 is 2.69 bits per heavy atom. The summed E-state index contributed by atoms with van der Waals surface area (Å²) in [5.41, 5.74) is -0.678. The van der Waals surface area contributed by atoms with Crippen molar-refractivity contribution in [2.45, 2.75) is 33.2 Å². The van der Waals surface area contributed by atoms with E-state index in [4.69, 9.17) is 5.11 Å². The highest BCUT2D eigenvalue weighted by Gasteiger charge is 2.30. The lowest BCUT2D eigenvalue weighted by Gasteiger charge is -2.36. The van der Waals surface area contributed by atoms with Gasteiger partial charge in [0.15, 0.2) is 0 Å². The second-order valence-electron chi connectivity index (χ2n) is 5.70. The first kappa shape index (κ1) is 13.5. The van der Waals surface area contributed by atoms with Gasteiger partial charge in [-0.05, 0) is 39.8 Å². The fourth-order valence-electron chi connectivity index (χ4n) is 2.12. The summed E-state index contributed by atoms with van der Waals surface area (Å²) in [5.74, 6) is -0.149. The molecule has 0 aliphatic carbocycles. The number of piperidine rings is 1. The normalized spacial score (nSPS) is 28.0. The van der Waals surface area contributed by atoms with Gasteiger partial charge in [-0.15, -0.1) is 0 Å². The molecule has 1 heterocycles. The summed E-state index contributed by atoms with van der Waals surface area (Å²) in [6, 6.07) is 0.454. The van der Waals surface area contributed by atoms with E-state index in [0.29, 0.717) is 18.5 Å². The number of nitrogens with zero attached hydrogens (tertiary/aromatic N) is 1. The predicted octanol–water partition coefficient (Wildman–Crippen LogP) is 1.03. The molecule has 0 aromatic rings. The Labute approximate surface area is 98.0 Å². The SMILES string of the molecule is CC1CN(C)CCC1NCC(C)(C)C(=O)O. The first-order chi connectivity index (χ1) is 7.33. The minimum atomic E-state index is -0.736. The molecule has 1 aliphatic rings. The van der Waals surface area contributed by atoms with Gasteiger partial charge in [-0.25, -0.2) is 0 Å². The lowest BCUT2D eigenvalue weighted by atomic mass is 9.90. The zero-order valence-electron chi connectivity index (χ0n) is 10.8. The molecule has 0 amide bonds. The zero-order valence-corrected chi connectivity index (χ0v) is 10.8. The van der Waals surface area contributed by atoms with Crippen LogP contribution in [0.25, 0.3) is 0 Å². The molecule has 0 spiro atoms. The Morgan fingerprint density at radius 2 is 2.19 bits per heavy atom. The van der Waals surface area contributed by atoms with E-state index in [1.54, 1.807) is 13.8 Å². The van der Waals surface area contributed by atoms with Crippen LogP contribution in [-0.4, -0.2) is 48.7 Å². The Morgan fingerprint density at radius 1 is 1.56 bits per heavy atom.